The summed E-state index contributed by atoms with van der Waals surface area (Å²) in [6.07, 6.45) is -0.224. The third-order valence-corrected chi connectivity index (χ3v) is 4.40. The maximum atomic E-state index is 10.9. The number of hydrogen-bond acceptors (Lipinski definition) is 4. The maximum Gasteiger partial charge on any atom is 0.276 e. The minimum Gasteiger partial charge on any atom is -0.381 e. The standard InChI is InChI=1S/C15H28N4O4/c1-11(2)8-23-13(4)18-6-5-17(15(18)16-19(20)21)7-14-10-22-9-12(14)3/h11-14H,5-10H2,1-4H3. The average molecular weight is 328 g/mol. The minimum absolute atomic E-state index is 0.224. The van der Waals surface area contributed by atoms with Gasteiger partial charge in [0.05, 0.1) is 13.2 Å². The smallest absolute Gasteiger partial charge is 0.276 e. The lowest BCUT2D eigenvalue weighted by Gasteiger charge is -2.28. The second-order valence-electron chi connectivity index (χ2n) is 6.88. The first-order valence-corrected chi connectivity index (χ1v) is 8.32. The van der Waals surface area contributed by atoms with E-state index < -0.39 is 5.03 Å². The highest BCUT2D eigenvalue weighted by Gasteiger charge is 2.36. The molecule has 0 aliphatic carbocycles. The summed E-state index contributed by atoms with van der Waals surface area (Å²) >= 11 is 0. The molecule has 0 bridgehead atoms. The number of rotatable bonds is 7. The second kappa shape index (κ2) is 7.92. The monoisotopic (exact) mass is 328 g/mol. The van der Waals surface area contributed by atoms with Crippen LogP contribution in [0.5, 0.6) is 0 Å². The van der Waals surface area contributed by atoms with Gasteiger partial charge in [0.2, 0.25) is 0 Å². The Morgan fingerprint density at radius 3 is 2.70 bits per heavy atom. The molecule has 0 spiro atoms. The van der Waals surface area contributed by atoms with E-state index in [0.717, 1.165) is 19.7 Å². The van der Waals surface area contributed by atoms with Crippen molar-refractivity contribution in [3.63, 3.8) is 0 Å². The topological polar surface area (TPSA) is 80.4 Å². The summed E-state index contributed by atoms with van der Waals surface area (Å²) in [5.41, 5.74) is 0. The second-order valence-corrected chi connectivity index (χ2v) is 6.88. The predicted octanol–water partition coefficient (Wildman–Crippen LogP) is 1.45. The van der Waals surface area contributed by atoms with Crippen molar-refractivity contribution < 1.29 is 14.5 Å². The zero-order valence-corrected chi connectivity index (χ0v) is 14.5. The van der Waals surface area contributed by atoms with E-state index in [4.69, 9.17) is 9.47 Å². The van der Waals surface area contributed by atoms with Gasteiger partial charge in [-0.25, -0.2) is 10.1 Å². The van der Waals surface area contributed by atoms with Crippen molar-refractivity contribution in [3.05, 3.63) is 10.1 Å². The normalized spacial score (nSPS) is 28.1. The lowest BCUT2D eigenvalue weighted by molar-refractivity contribution is -0.486. The van der Waals surface area contributed by atoms with Crippen LogP contribution in [0.25, 0.3) is 0 Å². The van der Waals surface area contributed by atoms with Crippen LogP contribution in [0.1, 0.15) is 27.7 Å². The van der Waals surface area contributed by atoms with Crippen LogP contribution in [0.4, 0.5) is 0 Å². The highest BCUT2D eigenvalue weighted by Crippen LogP contribution is 2.24. The Balaban J connectivity index is 2.04. The first kappa shape index (κ1) is 17.9. The molecule has 3 atom stereocenters. The summed E-state index contributed by atoms with van der Waals surface area (Å²) in [5.74, 6) is 1.68. The number of hydrazone groups is 1. The molecule has 3 unspecified atom stereocenters. The number of nitrogens with zero attached hydrogens (tertiary/aromatic N) is 4. The van der Waals surface area contributed by atoms with Crippen LogP contribution in [-0.2, 0) is 9.47 Å². The summed E-state index contributed by atoms with van der Waals surface area (Å²) < 4.78 is 11.3. The summed E-state index contributed by atoms with van der Waals surface area (Å²) in [7, 11) is 0. The molecule has 2 heterocycles. The molecule has 0 aromatic heterocycles. The molecule has 2 rings (SSSR count). The molecule has 2 aliphatic heterocycles. The predicted molar refractivity (Wildman–Crippen MR) is 86.4 cm³/mol. The van der Waals surface area contributed by atoms with Crippen molar-refractivity contribution >= 4 is 5.96 Å². The molecule has 2 fully saturated rings. The maximum absolute atomic E-state index is 10.9. The number of nitro groups is 1. The average Bonchev–Trinajstić information content (AvgIpc) is 3.04. The first-order valence-electron chi connectivity index (χ1n) is 8.32. The molecule has 23 heavy (non-hydrogen) atoms. The van der Waals surface area contributed by atoms with Crippen molar-refractivity contribution in [1.82, 2.24) is 9.80 Å². The molecule has 8 heteroatoms. The van der Waals surface area contributed by atoms with Crippen LogP contribution in [0.2, 0.25) is 0 Å². The molecule has 0 N–H and O–H groups in total. The van der Waals surface area contributed by atoms with E-state index in [0.29, 0.717) is 43.5 Å². The van der Waals surface area contributed by atoms with Gasteiger partial charge in [-0.1, -0.05) is 20.8 Å². The van der Waals surface area contributed by atoms with Gasteiger partial charge in [-0.15, -0.1) is 0 Å². The SMILES string of the molecule is CC(C)COC(C)N1CCN(CC2COCC2C)C1=N[N+](=O)[O-]. The molecule has 0 aromatic carbocycles. The van der Waals surface area contributed by atoms with Gasteiger partial charge < -0.3 is 19.3 Å². The fourth-order valence-corrected chi connectivity index (χ4v) is 2.96. The van der Waals surface area contributed by atoms with E-state index in [2.05, 4.69) is 25.9 Å². The van der Waals surface area contributed by atoms with Gasteiger partial charge in [0.25, 0.3) is 5.96 Å². The quantitative estimate of drug-likeness (QED) is 0.520. The van der Waals surface area contributed by atoms with Crippen molar-refractivity contribution in [3.8, 4) is 0 Å². The Bertz CT molecular complexity index is 443. The van der Waals surface area contributed by atoms with E-state index in [1.807, 2.05) is 16.7 Å². The van der Waals surface area contributed by atoms with Crippen LogP contribution in [0, 0.1) is 27.9 Å². The Labute approximate surface area is 137 Å². The molecule has 2 saturated heterocycles. The van der Waals surface area contributed by atoms with Gasteiger partial charge >= 0.3 is 0 Å². The fraction of sp³-hybridized carbons (Fsp3) is 0.933. The molecule has 8 nitrogen and oxygen atoms in total. The molecular weight excluding hydrogens is 300 g/mol. The Kier molecular flexibility index (Phi) is 6.17. The van der Waals surface area contributed by atoms with E-state index in [1.54, 1.807) is 0 Å². The van der Waals surface area contributed by atoms with Crippen LogP contribution in [0.3, 0.4) is 0 Å². The largest absolute Gasteiger partial charge is 0.381 e. The molecule has 0 saturated carbocycles. The molecule has 0 aromatic rings. The minimum atomic E-state index is -0.621. The summed E-state index contributed by atoms with van der Waals surface area (Å²) in [6.45, 7) is 12.5. The van der Waals surface area contributed by atoms with E-state index in [9.17, 15) is 10.1 Å². The number of guanidine groups is 1. The lowest BCUT2D eigenvalue weighted by Crippen LogP contribution is -2.43. The Morgan fingerprint density at radius 2 is 2.13 bits per heavy atom. The summed E-state index contributed by atoms with van der Waals surface area (Å²) in [6, 6.07) is 0. The van der Waals surface area contributed by atoms with Gasteiger partial charge in [-0.2, -0.15) is 0 Å². The van der Waals surface area contributed by atoms with Gasteiger partial charge in [-0.05, 0) is 18.8 Å². The lowest BCUT2D eigenvalue weighted by atomic mass is 9.98. The van der Waals surface area contributed by atoms with Gasteiger partial charge in [0, 0.05) is 32.2 Å². The first-order chi connectivity index (χ1) is 10.9. The third kappa shape index (κ3) is 4.78. The van der Waals surface area contributed by atoms with Gasteiger partial charge in [0.15, 0.2) is 5.03 Å². The van der Waals surface area contributed by atoms with Crippen LogP contribution >= 0.6 is 0 Å². The summed E-state index contributed by atoms with van der Waals surface area (Å²) in [5, 5.41) is 13.9. The molecular formula is C15H28N4O4. The Morgan fingerprint density at radius 1 is 1.39 bits per heavy atom. The molecule has 0 amide bonds. The van der Waals surface area contributed by atoms with Crippen molar-refractivity contribution in [2.75, 3.05) is 39.5 Å². The molecule has 132 valence electrons. The van der Waals surface area contributed by atoms with E-state index in [-0.39, 0.29) is 6.23 Å². The van der Waals surface area contributed by atoms with Crippen molar-refractivity contribution in [2.45, 2.75) is 33.9 Å². The third-order valence-electron chi connectivity index (χ3n) is 4.40. The van der Waals surface area contributed by atoms with E-state index in [1.165, 1.54) is 0 Å². The van der Waals surface area contributed by atoms with Crippen molar-refractivity contribution in [1.29, 1.82) is 0 Å². The zero-order valence-electron chi connectivity index (χ0n) is 14.5. The highest BCUT2D eigenvalue weighted by atomic mass is 16.7. The number of hydrogen-bond donors (Lipinski definition) is 0. The Hall–Kier alpha value is -1.41. The van der Waals surface area contributed by atoms with Crippen molar-refractivity contribution in [2.24, 2.45) is 22.9 Å². The highest BCUT2D eigenvalue weighted by molar-refractivity contribution is 5.81. The molecule has 0 radical (unpaired) electrons. The molecule has 2 aliphatic rings. The van der Waals surface area contributed by atoms with Crippen LogP contribution in [-0.4, -0.2) is 66.5 Å². The zero-order chi connectivity index (χ0) is 17.0. The van der Waals surface area contributed by atoms with Gasteiger partial charge in [-0.3, -0.25) is 0 Å². The van der Waals surface area contributed by atoms with Gasteiger partial charge in [0.1, 0.15) is 11.3 Å². The van der Waals surface area contributed by atoms with Crippen LogP contribution in [0.15, 0.2) is 5.10 Å². The summed E-state index contributed by atoms with van der Waals surface area (Å²) in [4.78, 5) is 14.8. The number of ether oxygens (including phenoxy) is 2. The van der Waals surface area contributed by atoms with E-state index >= 15 is 0 Å². The van der Waals surface area contributed by atoms with Crippen LogP contribution < -0.4 is 0 Å². The fourth-order valence-electron chi connectivity index (χ4n) is 2.96.